The summed E-state index contributed by atoms with van der Waals surface area (Å²) >= 11 is 1.71. The van der Waals surface area contributed by atoms with Crippen LogP contribution in [0.25, 0.3) is 16.4 Å². The summed E-state index contributed by atoms with van der Waals surface area (Å²) in [5.41, 5.74) is 3.38. The van der Waals surface area contributed by atoms with Crippen LogP contribution in [0.2, 0.25) is 0 Å². The molecule has 0 spiro atoms. The van der Waals surface area contributed by atoms with E-state index in [2.05, 4.69) is 43.1 Å². The molecular weight excluding hydrogens is 320 g/mol. The molecule has 0 aromatic carbocycles. The lowest BCUT2D eigenvalue weighted by molar-refractivity contribution is 0.691. The highest BCUT2D eigenvalue weighted by Crippen LogP contribution is 2.25. The Morgan fingerprint density at radius 3 is 2.88 bits per heavy atom. The van der Waals surface area contributed by atoms with Crippen molar-refractivity contribution in [1.82, 2.24) is 30.3 Å². The Balaban J connectivity index is 1.37. The van der Waals surface area contributed by atoms with Gasteiger partial charge >= 0.3 is 0 Å². The third kappa shape index (κ3) is 3.12. The minimum atomic E-state index is 0.751. The normalized spacial score (nSPS) is 11.0. The molecular formula is C17H16N6S. The van der Waals surface area contributed by atoms with Gasteiger partial charge in [0.05, 0.1) is 16.8 Å². The molecule has 0 aliphatic rings. The van der Waals surface area contributed by atoms with Crippen molar-refractivity contribution in [3.63, 3.8) is 0 Å². The minimum absolute atomic E-state index is 0.751. The SMILES string of the molecule is c1csc(-c2[nH]ncc2CNCc2ccc(-n3cccn3)nc2)c1. The van der Waals surface area contributed by atoms with Gasteiger partial charge in [0.15, 0.2) is 5.82 Å². The molecule has 0 aliphatic carbocycles. The van der Waals surface area contributed by atoms with Gasteiger partial charge in [-0.2, -0.15) is 10.2 Å². The van der Waals surface area contributed by atoms with Crippen molar-refractivity contribution in [2.75, 3.05) is 0 Å². The molecule has 2 N–H and O–H groups in total. The van der Waals surface area contributed by atoms with Crippen LogP contribution in [-0.2, 0) is 13.1 Å². The lowest BCUT2D eigenvalue weighted by Crippen LogP contribution is -2.13. The molecule has 0 amide bonds. The minimum Gasteiger partial charge on any atom is -0.308 e. The van der Waals surface area contributed by atoms with Crippen molar-refractivity contribution < 1.29 is 0 Å². The summed E-state index contributed by atoms with van der Waals surface area (Å²) < 4.78 is 1.75. The largest absolute Gasteiger partial charge is 0.308 e. The van der Waals surface area contributed by atoms with Crippen LogP contribution in [0.5, 0.6) is 0 Å². The van der Waals surface area contributed by atoms with E-state index in [0.29, 0.717) is 0 Å². The zero-order valence-corrected chi connectivity index (χ0v) is 13.7. The summed E-state index contributed by atoms with van der Waals surface area (Å²) in [5, 5.41) is 16.9. The van der Waals surface area contributed by atoms with Gasteiger partial charge in [-0.25, -0.2) is 9.67 Å². The van der Waals surface area contributed by atoms with Crippen LogP contribution >= 0.6 is 11.3 Å². The number of hydrogen-bond acceptors (Lipinski definition) is 5. The summed E-state index contributed by atoms with van der Waals surface area (Å²) in [5.74, 6) is 0.818. The predicted octanol–water partition coefficient (Wildman–Crippen LogP) is 3.01. The van der Waals surface area contributed by atoms with E-state index in [-0.39, 0.29) is 0 Å². The Bertz CT molecular complexity index is 878. The maximum atomic E-state index is 4.44. The average Bonchev–Trinajstić information content (AvgIpc) is 3.37. The Hall–Kier alpha value is -2.77. The highest BCUT2D eigenvalue weighted by molar-refractivity contribution is 7.13. The molecule has 120 valence electrons. The fraction of sp³-hybridized carbons (Fsp3) is 0.118. The second-order valence-electron chi connectivity index (χ2n) is 5.33. The summed E-state index contributed by atoms with van der Waals surface area (Å²) in [6, 6.07) is 10.1. The highest BCUT2D eigenvalue weighted by Gasteiger charge is 2.08. The zero-order valence-electron chi connectivity index (χ0n) is 12.9. The lowest BCUT2D eigenvalue weighted by Gasteiger charge is -2.06. The van der Waals surface area contributed by atoms with Crippen LogP contribution in [0.4, 0.5) is 0 Å². The van der Waals surface area contributed by atoms with Gasteiger partial charge in [0.25, 0.3) is 0 Å². The number of rotatable bonds is 6. The van der Waals surface area contributed by atoms with Crippen LogP contribution in [0.15, 0.2) is 60.5 Å². The van der Waals surface area contributed by atoms with Gasteiger partial charge in [-0.1, -0.05) is 12.1 Å². The number of nitrogens with zero attached hydrogens (tertiary/aromatic N) is 4. The lowest BCUT2D eigenvalue weighted by atomic mass is 10.2. The van der Waals surface area contributed by atoms with Gasteiger partial charge in [0.1, 0.15) is 0 Å². The number of pyridine rings is 1. The van der Waals surface area contributed by atoms with Crippen LogP contribution in [-0.4, -0.2) is 25.0 Å². The highest BCUT2D eigenvalue weighted by atomic mass is 32.1. The molecule has 0 saturated heterocycles. The third-order valence-corrected chi connectivity index (χ3v) is 4.57. The van der Waals surface area contributed by atoms with E-state index in [4.69, 9.17) is 0 Å². The molecule has 6 nitrogen and oxygen atoms in total. The van der Waals surface area contributed by atoms with Gasteiger partial charge in [-0.3, -0.25) is 5.10 Å². The Morgan fingerprint density at radius 2 is 2.12 bits per heavy atom. The van der Waals surface area contributed by atoms with Crippen molar-refractivity contribution in [2.45, 2.75) is 13.1 Å². The maximum absolute atomic E-state index is 4.44. The molecule has 0 atom stereocenters. The Kier molecular flexibility index (Phi) is 4.18. The topological polar surface area (TPSA) is 71.4 Å². The van der Waals surface area contributed by atoms with Crippen LogP contribution < -0.4 is 5.32 Å². The van der Waals surface area contributed by atoms with E-state index in [9.17, 15) is 0 Å². The van der Waals surface area contributed by atoms with E-state index >= 15 is 0 Å². The van der Waals surface area contributed by atoms with E-state index < -0.39 is 0 Å². The van der Waals surface area contributed by atoms with Crippen LogP contribution in [0.3, 0.4) is 0 Å². The molecule has 7 heteroatoms. The molecule has 4 aromatic heterocycles. The summed E-state index contributed by atoms with van der Waals surface area (Å²) in [6.07, 6.45) is 7.37. The van der Waals surface area contributed by atoms with Gasteiger partial charge in [-0.05, 0) is 29.1 Å². The number of aromatic amines is 1. The monoisotopic (exact) mass is 336 g/mol. The Labute approximate surface area is 143 Å². The van der Waals surface area contributed by atoms with Crippen molar-refractivity contribution in [1.29, 1.82) is 0 Å². The number of H-pyrrole nitrogens is 1. The number of aromatic nitrogens is 5. The first kappa shape index (κ1) is 14.8. The van der Waals surface area contributed by atoms with E-state index in [1.807, 2.05) is 36.8 Å². The van der Waals surface area contributed by atoms with E-state index in [1.54, 1.807) is 22.2 Å². The van der Waals surface area contributed by atoms with Crippen molar-refractivity contribution in [2.24, 2.45) is 0 Å². The molecule has 0 fully saturated rings. The van der Waals surface area contributed by atoms with Crippen molar-refractivity contribution >= 4 is 11.3 Å². The molecule has 0 bridgehead atoms. The molecule has 0 unspecified atom stereocenters. The summed E-state index contributed by atoms with van der Waals surface area (Å²) in [6.45, 7) is 1.51. The molecule has 4 aromatic rings. The first-order valence-corrected chi connectivity index (χ1v) is 8.50. The molecule has 0 radical (unpaired) electrons. The third-order valence-electron chi connectivity index (χ3n) is 3.68. The van der Waals surface area contributed by atoms with Crippen molar-refractivity contribution in [3.05, 3.63) is 71.6 Å². The second-order valence-corrected chi connectivity index (χ2v) is 6.27. The smallest absolute Gasteiger partial charge is 0.153 e. The quantitative estimate of drug-likeness (QED) is 0.568. The standard InChI is InChI=1S/C17H16N6S/c1-3-15(24-8-1)17-14(12-20-22-17)11-18-9-13-4-5-16(19-10-13)23-7-2-6-21-23/h1-8,10,12,18H,9,11H2,(H,20,22). The fourth-order valence-corrected chi connectivity index (χ4v) is 3.24. The average molecular weight is 336 g/mol. The van der Waals surface area contributed by atoms with E-state index in [1.165, 1.54) is 10.4 Å². The van der Waals surface area contributed by atoms with E-state index in [0.717, 1.165) is 30.2 Å². The molecule has 24 heavy (non-hydrogen) atoms. The molecule has 4 rings (SSSR count). The first-order chi connectivity index (χ1) is 11.9. The van der Waals surface area contributed by atoms with Crippen LogP contribution in [0.1, 0.15) is 11.1 Å². The number of nitrogens with one attached hydrogen (secondary N) is 2. The number of hydrogen-bond donors (Lipinski definition) is 2. The number of thiophene rings is 1. The molecule has 0 aliphatic heterocycles. The molecule has 0 saturated carbocycles. The van der Waals surface area contributed by atoms with Gasteiger partial charge in [0.2, 0.25) is 0 Å². The predicted molar refractivity (Wildman–Crippen MR) is 93.8 cm³/mol. The fourth-order valence-electron chi connectivity index (χ4n) is 2.48. The molecule has 4 heterocycles. The summed E-state index contributed by atoms with van der Waals surface area (Å²) in [4.78, 5) is 5.64. The van der Waals surface area contributed by atoms with Crippen molar-refractivity contribution in [3.8, 4) is 16.4 Å². The zero-order chi connectivity index (χ0) is 16.2. The summed E-state index contributed by atoms with van der Waals surface area (Å²) in [7, 11) is 0. The van der Waals surface area contributed by atoms with Gasteiger partial charge in [0, 0.05) is 37.2 Å². The maximum Gasteiger partial charge on any atom is 0.153 e. The van der Waals surface area contributed by atoms with Crippen LogP contribution in [0, 0.1) is 0 Å². The Morgan fingerprint density at radius 1 is 1.12 bits per heavy atom. The first-order valence-electron chi connectivity index (χ1n) is 7.62. The van der Waals surface area contributed by atoms with Gasteiger partial charge < -0.3 is 5.32 Å². The van der Waals surface area contributed by atoms with Gasteiger partial charge in [-0.15, -0.1) is 11.3 Å². The second kappa shape index (κ2) is 6.77.